The van der Waals surface area contributed by atoms with Crippen molar-refractivity contribution >= 4 is 18.3 Å². The summed E-state index contributed by atoms with van der Waals surface area (Å²) in [6.45, 7) is 1.88. The van der Waals surface area contributed by atoms with Gasteiger partial charge in [0.25, 0.3) is 0 Å². The maximum Gasteiger partial charge on any atom is 0.237 e. The summed E-state index contributed by atoms with van der Waals surface area (Å²) in [5, 5.41) is 6.39. The van der Waals surface area contributed by atoms with Crippen LogP contribution in [0.4, 0.5) is 0 Å². The number of rotatable bonds is 4. The van der Waals surface area contributed by atoms with E-state index in [1.807, 2.05) is 0 Å². The molecule has 0 aromatic carbocycles. The highest BCUT2D eigenvalue weighted by atomic mass is 35.5. The molecule has 2 aliphatic rings. The lowest BCUT2D eigenvalue weighted by Crippen LogP contribution is -2.46. The van der Waals surface area contributed by atoms with Crippen molar-refractivity contribution in [3.05, 3.63) is 0 Å². The third kappa shape index (κ3) is 5.15. The van der Waals surface area contributed by atoms with Crippen molar-refractivity contribution in [1.29, 1.82) is 0 Å². The van der Waals surface area contributed by atoms with Crippen LogP contribution in [0.5, 0.6) is 0 Å². The minimum atomic E-state index is 0. The summed E-state index contributed by atoms with van der Waals surface area (Å²) < 4.78 is 0. The molecular formula is C14H27ClN2O. The molecular weight excluding hydrogens is 248 g/mol. The second-order valence-electron chi connectivity index (χ2n) is 5.59. The fourth-order valence-corrected chi connectivity index (χ4v) is 3.07. The van der Waals surface area contributed by atoms with Gasteiger partial charge in [0.05, 0.1) is 6.04 Å². The van der Waals surface area contributed by atoms with E-state index in [1.165, 1.54) is 51.4 Å². The average molecular weight is 275 g/mol. The molecule has 2 fully saturated rings. The smallest absolute Gasteiger partial charge is 0.237 e. The van der Waals surface area contributed by atoms with Crippen LogP contribution in [0.25, 0.3) is 0 Å². The molecule has 0 aromatic heterocycles. The monoisotopic (exact) mass is 274 g/mol. The third-order valence-electron chi connectivity index (χ3n) is 4.20. The lowest BCUT2D eigenvalue weighted by atomic mass is 9.87. The summed E-state index contributed by atoms with van der Waals surface area (Å²) in [7, 11) is 0. The zero-order valence-corrected chi connectivity index (χ0v) is 12.1. The van der Waals surface area contributed by atoms with Crippen LogP contribution in [0.15, 0.2) is 0 Å². The highest BCUT2D eigenvalue weighted by Crippen LogP contribution is 2.25. The van der Waals surface area contributed by atoms with Crippen molar-refractivity contribution in [1.82, 2.24) is 10.6 Å². The van der Waals surface area contributed by atoms with E-state index in [0.29, 0.717) is 0 Å². The van der Waals surface area contributed by atoms with Gasteiger partial charge in [0.1, 0.15) is 0 Å². The van der Waals surface area contributed by atoms with Crippen LogP contribution in [0.3, 0.4) is 0 Å². The Morgan fingerprint density at radius 1 is 1.06 bits per heavy atom. The lowest BCUT2D eigenvalue weighted by Gasteiger charge is -2.24. The standard InChI is InChI=1S/C14H26N2O.ClH/c17-14(13-8-4-5-10-15-13)16-11-9-12-6-2-1-3-7-12;/h12-13,15H,1-11H2,(H,16,17);1H/t13-;/m0./s1. The highest BCUT2D eigenvalue weighted by molar-refractivity contribution is 5.85. The molecule has 0 unspecified atom stereocenters. The molecule has 18 heavy (non-hydrogen) atoms. The summed E-state index contributed by atoms with van der Waals surface area (Å²) in [6.07, 6.45) is 11.5. The van der Waals surface area contributed by atoms with Gasteiger partial charge in [-0.05, 0) is 31.7 Å². The maximum absolute atomic E-state index is 11.9. The number of carbonyl (C=O) groups excluding carboxylic acids is 1. The largest absolute Gasteiger partial charge is 0.355 e. The van der Waals surface area contributed by atoms with Gasteiger partial charge in [0.15, 0.2) is 0 Å². The number of nitrogens with one attached hydrogen (secondary N) is 2. The van der Waals surface area contributed by atoms with E-state index in [-0.39, 0.29) is 24.4 Å². The first-order valence-corrected chi connectivity index (χ1v) is 7.37. The van der Waals surface area contributed by atoms with Crippen LogP contribution >= 0.6 is 12.4 Å². The number of carbonyl (C=O) groups is 1. The van der Waals surface area contributed by atoms with Crippen LogP contribution in [0.2, 0.25) is 0 Å². The quantitative estimate of drug-likeness (QED) is 0.828. The van der Waals surface area contributed by atoms with Crippen molar-refractivity contribution in [2.24, 2.45) is 5.92 Å². The van der Waals surface area contributed by atoms with Crippen molar-refractivity contribution in [3.8, 4) is 0 Å². The third-order valence-corrected chi connectivity index (χ3v) is 4.20. The molecule has 2 rings (SSSR count). The summed E-state index contributed by atoms with van der Waals surface area (Å²) in [6, 6.07) is 0.0788. The highest BCUT2D eigenvalue weighted by Gasteiger charge is 2.20. The molecule has 1 amide bonds. The van der Waals surface area contributed by atoms with E-state index in [9.17, 15) is 4.79 Å². The molecule has 0 bridgehead atoms. The Bertz CT molecular complexity index is 236. The van der Waals surface area contributed by atoms with E-state index in [2.05, 4.69) is 10.6 Å². The van der Waals surface area contributed by atoms with Crippen molar-refractivity contribution in [2.45, 2.75) is 63.8 Å². The van der Waals surface area contributed by atoms with Crippen LogP contribution < -0.4 is 10.6 Å². The minimum absolute atomic E-state index is 0. The molecule has 106 valence electrons. The van der Waals surface area contributed by atoms with Gasteiger partial charge in [-0.25, -0.2) is 0 Å². The Labute approximate surface area is 117 Å². The van der Waals surface area contributed by atoms with Gasteiger partial charge in [-0.15, -0.1) is 12.4 Å². The number of hydrogen-bond acceptors (Lipinski definition) is 2. The predicted molar refractivity (Wildman–Crippen MR) is 77.1 cm³/mol. The topological polar surface area (TPSA) is 41.1 Å². The molecule has 2 N–H and O–H groups in total. The summed E-state index contributed by atoms with van der Waals surface area (Å²) in [5.74, 6) is 1.09. The van der Waals surface area contributed by atoms with Crippen molar-refractivity contribution in [2.75, 3.05) is 13.1 Å². The SMILES string of the molecule is Cl.O=C(NCCC1CCCCC1)[C@@H]1CCCCN1. The van der Waals surface area contributed by atoms with Crippen molar-refractivity contribution in [3.63, 3.8) is 0 Å². The van der Waals surface area contributed by atoms with E-state index in [1.54, 1.807) is 0 Å². The van der Waals surface area contributed by atoms with Gasteiger partial charge < -0.3 is 10.6 Å². The summed E-state index contributed by atoms with van der Waals surface area (Å²) in [4.78, 5) is 11.9. The maximum atomic E-state index is 11.9. The van der Waals surface area contributed by atoms with Crippen LogP contribution in [0.1, 0.15) is 57.8 Å². The summed E-state index contributed by atoms with van der Waals surface area (Å²) >= 11 is 0. The first-order valence-electron chi connectivity index (χ1n) is 7.37. The number of amides is 1. The molecule has 1 saturated heterocycles. The number of hydrogen-bond donors (Lipinski definition) is 2. The first-order chi connectivity index (χ1) is 8.36. The van der Waals surface area contributed by atoms with Gasteiger partial charge in [-0.3, -0.25) is 4.79 Å². The number of piperidine rings is 1. The van der Waals surface area contributed by atoms with E-state index in [0.717, 1.165) is 25.4 Å². The van der Waals surface area contributed by atoms with Gasteiger partial charge in [-0.2, -0.15) is 0 Å². The molecule has 4 heteroatoms. The minimum Gasteiger partial charge on any atom is -0.355 e. The van der Waals surface area contributed by atoms with Gasteiger partial charge in [0.2, 0.25) is 5.91 Å². The Morgan fingerprint density at radius 2 is 1.78 bits per heavy atom. The van der Waals surface area contributed by atoms with E-state index < -0.39 is 0 Å². The second kappa shape index (κ2) is 8.76. The molecule has 1 atom stereocenters. The molecule has 0 radical (unpaired) electrons. The van der Waals surface area contributed by atoms with Gasteiger partial charge in [-0.1, -0.05) is 38.5 Å². The summed E-state index contributed by atoms with van der Waals surface area (Å²) in [5.41, 5.74) is 0. The molecule has 0 aromatic rings. The first kappa shape index (κ1) is 15.8. The van der Waals surface area contributed by atoms with E-state index >= 15 is 0 Å². The Balaban J connectivity index is 0.00000162. The number of halogens is 1. The van der Waals surface area contributed by atoms with E-state index in [4.69, 9.17) is 0 Å². The second-order valence-corrected chi connectivity index (χ2v) is 5.59. The molecule has 1 aliphatic carbocycles. The van der Waals surface area contributed by atoms with Crippen LogP contribution in [-0.4, -0.2) is 25.0 Å². The molecule has 0 spiro atoms. The normalized spacial score (nSPS) is 25.2. The predicted octanol–water partition coefficient (Wildman–Crippen LogP) is 2.64. The molecule has 1 saturated carbocycles. The van der Waals surface area contributed by atoms with Crippen molar-refractivity contribution < 1.29 is 4.79 Å². The Morgan fingerprint density at radius 3 is 2.44 bits per heavy atom. The zero-order valence-electron chi connectivity index (χ0n) is 11.2. The van der Waals surface area contributed by atoms with Gasteiger partial charge >= 0.3 is 0 Å². The van der Waals surface area contributed by atoms with Gasteiger partial charge in [0, 0.05) is 6.54 Å². The molecule has 1 heterocycles. The fourth-order valence-electron chi connectivity index (χ4n) is 3.07. The molecule has 1 aliphatic heterocycles. The lowest BCUT2D eigenvalue weighted by molar-refractivity contribution is -0.123. The zero-order chi connectivity index (χ0) is 11.9. The fraction of sp³-hybridized carbons (Fsp3) is 0.929. The molecule has 3 nitrogen and oxygen atoms in total. The van der Waals surface area contributed by atoms with Crippen LogP contribution in [0, 0.1) is 5.92 Å². The Kier molecular flexibility index (Phi) is 7.68. The Hall–Kier alpha value is -0.280. The van der Waals surface area contributed by atoms with Crippen LogP contribution in [-0.2, 0) is 4.79 Å². The average Bonchev–Trinajstić information content (AvgIpc) is 2.41.